The van der Waals surface area contributed by atoms with Crippen LogP contribution in [0, 0.1) is 12.3 Å². The van der Waals surface area contributed by atoms with Gasteiger partial charge in [0.15, 0.2) is 0 Å². The second kappa shape index (κ2) is 8.53. The minimum Gasteiger partial charge on any atom is -0.311 e. The molecule has 0 spiro atoms. The molecule has 0 aliphatic carbocycles. The van der Waals surface area contributed by atoms with Crippen molar-refractivity contribution in [3.63, 3.8) is 0 Å². The lowest BCUT2D eigenvalue weighted by molar-refractivity contribution is -0.114. The van der Waals surface area contributed by atoms with Crippen LogP contribution >= 0.6 is 11.6 Å². The monoisotopic (exact) mass is 395 g/mol. The molecular formula is C19H18ClN7O. The van der Waals surface area contributed by atoms with Gasteiger partial charge in [0.1, 0.15) is 18.0 Å². The Bertz CT molecular complexity index is 1030. The molecule has 0 bridgehead atoms. The number of halogens is 1. The van der Waals surface area contributed by atoms with Gasteiger partial charge in [0.05, 0.1) is 17.3 Å². The molecule has 8 nitrogen and oxygen atoms in total. The highest BCUT2D eigenvalue weighted by atomic mass is 35.5. The number of aromatic amines is 1. The molecule has 0 aliphatic heterocycles. The molecule has 3 aromatic rings. The van der Waals surface area contributed by atoms with Crippen molar-refractivity contribution in [3.05, 3.63) is 64.8 Å². The summed E-state index contributed by atoms with van der Waals surface area (Å²) < 4.78 is 0. The lowest BCUT2D eigenvalue weighted by Gasteiger charge is -2.13. The fourth-order valence-electron chi connectivity index (χ4n) is 2.55. The van der Waals surface area contributed by atoms with Crippen molar-refractivity contribution in [1.29, 1.82) is 5.41 Å². The summed E-state index contributed by atoms with van der Waals surface area (Å²) in [5.41, 5.74) is 2.27. The summed E-state index contributed by atoms with van der Waals surface area (Å²) in [6.07, 6.45) is 4.61. The lowest BCUT2D eigenvalue weighted by Crippen LogP contribution is -2.16. The van der Waals surface area contributed by atoms with Crippen molar-refractivity contribution in [2.75, 3.05) is 5.32 Å². The molecule has 1 atom stereocenters. The normalized spacial score (nSPS) is 12.1. The van der Waals surface area contributed by atoms with Crippen LogP contribution in [0.3, 0.4) is 0 Å². The van der Waals surface area contributed by atoms with Crippen LogP contribution in [0.1, 0.15) is 29.8 Å². The number of rotatable bonds is 6. The number of carbonyl (C=O) groups excluding carboxylic acids is 1. The zero-order valence-corrected chi connectivity index (χ0v) is 16.0. The molecule has 0 saturated heterocycles. The highest BCUT2D eigenvalue weighted by molar-refractivity contribution is 6.35. The van der Waals surface area contributed by atoms with E-state index in [-0.39, 0.29) is 11.6 Å². The Balaban J connectivity index is 1.96. The summed E-state index contributed by atoms with van der Waals surface area (Å²) in [5.74, 6) is 0.0793. The predicted octanol–water partition coefficient (Wildman–Crippen LogP) is 3.67. The van der Waals surface area contributed by atoms with E-state index in [1.807, 2.05) is 13.0 Å². The van der Waals surface area contributed by atoms with Crippen molar-refractivity contribution < 1.29 is 4.79 Å². The average molecular weight is 396 g/mol. The number of aromatic nitrogens is 4. The van der Waals surface area contributed by atoms with E-state index in [9.17, 15) is 4.79 Å². The summed E-state index contributed by atoms with van der Waals surface area (Å²) >= 11 is 6.26. The van der Waals surface area contributed by atoms with Gasteiger partial charge in [-0.25, -0.2) is 9.97 Å². The van der Waals surface area contributed by atoms with Gasteiger partial charge in [-0.05, 0) is 18.6 Å². The number of anilines is 1. The average Bonchev–Trinajstić information content (AvgIpc) is 3.18. The zero-order chi connectivity index (χ0) is 20.1. The van der Waals surface area contributed by atoms with Gasteiger partial charge >= 0.3 is 0 Å². The van der Waals surface area contributed by atoms with Crippen LogP contribution in [-0.2, 0) is 4.79 Å². The third-order valence-electron chi connectivity index (χ3n) is 3.94. The number of nitrogens with one attached hydrogen (secondary N) is 3. The molecule has 3 rings (SSSR count). The lowest BCUT2D eigenvalue weighted by atomic mass is 9.97. The Kier molecular flexibility index (Phi) is 5.90. The number of aryl methyl sites for hydroxylation is 1. The quantitative estimate of drug-likeness (QED) is 0.551. The number of hydrogen-bond acceptors (Lipinski definition) is 6. The van der Waals surface area contributed by atoms with Crippen LogP contribution in [0.15, 0.2) is 47.8 Å². The highest BCUT2D eigenvalue weighted by Crippen LogP contribution is 2.25. The smallest absolute Gasteiger partial charge is 0.222 e. The minimum absolute atomic E-state index is 0.216. The van der Waals surface area contributed by atoms with Gasteiger partial charge in [0, 0.05) is 36.0 Å². The van der Waals surface area contributed by atoms with Gasteiger partial charge in [-0.1, -0.05) is 29.8 Å². The molecule has 0 fully saturated rings. The van der Waals surface area contributed by atoms with E-state index >= 15 is 0 Å². The molecule has 2 aromatic heterocycles. The van der Waals surface area contributed by atoms with Gasteiger partial charge in [-0.2, -0.15) is 5.10 Å². The van der Waals surface area contributed by atoms with E-state index in [1.54, 1.807) is 36.7 Å². The Morgan fingerprint density at radius 2 is 2.14 bits per heavy atom. The van der Waals surface area contributed by atoms with E-state index in [2.05, 4.69) is 30.5 Å². The van der Waals surface area contributed by atoms with E-state index < -0.39 is 5.92 Å². The second-order valence-electron chi connectivity index (χ2n) is 6.06. The molecule has 3 N–H and O–H groups in total. The van der Waals surface area contributed by atoms with Crippen molar-refractivity contribution in [1.82, 2.24) is 20.2 Å². The van der Waals surface area contributed by atoms with Gasteiger partial charge < -0.3 is 10.7 Å². The van der Waals surface area contributed by atoms with Crippen molar-refractivity contribution in [3.8, 4) is 0 Å². The number of carbonyl (C=O) groups is 1. The van der Waals surface area contributed by atoms with Crippen molar-refractivity contribution in [2.24, 2.45) is 4.99 Å². The number of pyridine rings is 1. The Hall–Kier alpha value is -3.39. The largest absolute Gasteiger partial charge is 0.311 e. The van der Waals surface area contributed by atoms with Crippen molar-refractivity contribution >= 4 is 40.9 Å². The third kappa shape index (κ3) is 4.47. The zero-order valence-electron chi connectivity index (χ0n) is 15.3. The molecule has 9 heteroatoms. The van der Waals surface area contributed by atoms with Crippen LogP contribution in [-0.4, -0.2) is 38.0 Å². The van der Waals surface area contributed by atoms with Crippen LogP contribution < -0.4 is 5.32 Å². The summed E-state index contributed by atoms with van der Waals surface area (Å²) in [6, 6.07) is 8.79. The van der Waals surface area contributed by atoms with E-state index in [0.717, 1.165) is 5.56 Å². The predicted molar refractivity (Wildman–Crippen MR) is 109 cm³/mol. The van der Waals surface area contributed by atoms with Gasteiger partial charge in [-0.15, -0.1) is 0 Å². The molecular weight excluding hydrogens is 378 g/mol. The molecule has 1 unspecified atom stereocenters. The van der Waals surface area contributed by atoms with E-state index in [4.69, 9.17) is 17.0 Å². The Labute approximate surface area is 166 Å². The molecule has 142 valence electrons. The first-order valence-corrected chi connectivity index (χ1v) is 8.80. The summed E-state index contributed by atoms with van der Waals surface area (Å²) in [6.45, 7) is 3.27. The maximum Gasteiger partial charge on any atom is 0.222 e. The van der Waals surface area contributed by atoms with Crippen LogP contribution in [0.4, 0.5) is 11.5 Å². The Morgan fingerprint density at radius 1 is 1.36 bits per heavy atom. The van der Waals surface area contributed by atoms with Crippen LogP contribution in [0.5, 0.6) is 0 Å². The fourth-order valence-corrected chi connectivity index (χ4v) is 2.79. The Morgan fingerprint density at radius 3 is 2.82 bits per heavy atom. The molecule has 1 aromatic carbocycles. The van der Waals surface area contributed by atoms with Crippen LogP contribution in [0.25, 0.3) is 0 Å². The number of amides is 1. The van der Waals surface area contributed by atoms with Gasteiger partial charge in [0.25, 0.3) is 0 Å². The molecule has 2 heterocycles. The minimum atomic E-state index is -0.584. The second-order valence-corrected chi connectivity index (χ2v) is 6.46. The first kappa shape index (κ1) is 19.4. The molecule has 0 saturated carbocycles. The number of nitrogens with zero attached hydrogens (tertiary/aromatic N) is 4. The maximum absolute atomic E-state index is 11.3. The molecule has 0 radical (unpaired) electrons. The number of aliphatic imine (C=N–C) groups is 1. The van der Waals surface area contributed by atoms with E-state index in [1.165, 1.54) is 13.3 Å². The third-order valence-corrected chi connectivity index (χ3v) is 4.27. The standard InChI is InChI=1S/C19H18ClN7O/c1-11-8-23-17(26-12(2)28)7-16(11)22-9-14(19-24-10-25-27-19)18(21)13-5-3-4-6-15(13)20/h3-10,14,21H,1-2H3,(H,23,26,28)(H,24,25,27). The van der Waals surface area contributed by atoms with Crippen molar-refractivity contribution in [2.45, 2.75) is 19.8 Å². The summed E-state index contributed by atoms with van der Waals surface area (Å²) in [4.78, 5) is 24.1. The topological polar surface area (TPSA) is 120 Å². The number of H-pyrrole nitrogens is 1. The van der Waals surface area contributed by atoms with Gasteiger partial charge in [0.2, 0.25) is 5.91 Å². The SMILES string of the molecule is CC(=O)Nc1cc(N=CC(C(=N)c2ccccc2Cl)c2ncn[nH]2)c(C)cn1. The first-order valence-electron chi connectivity index (χ1n) is 8.42. The highest BCUT2D eigenvalue weighted by Gasteiger charge is 2.21. The molecule has 1 amide bonds. The van der Waals surface area contributed by atoms with E-state index in [0.29, 0.717) is 27.9 Å². The van der Waals surface area contributed by atoms with Gasteiger partial charge in [-0.3, -0.25) is 14.9 Å². The molecule has 28 heavy (non-hydrogen) atoms. The first-order chi connectivity index (χ1) is 13.5. The summed E-state index contributed by atoms with van der Waals surface area (Å²) in [5, 5.41) is 18.4. The summed E-state index contributed by atoms with van der Waals surface area (Å²) in [7, 11) is 0. The number of benzene rings is 1. The number of hydrogen-bond donors (Lipinski definition) is 3. The fraction of sp³-hybridized carbons (Fsp3) is 0.158. The molecule has 0 aliphatic rings. The van der Waals surface area contributed by atoms with Crippen LogP contribution in [0.2, 0.25) is 5.02 Å². The maximum atomic E-state index is 11.3.